The molecule has 0 radical (unpaired) electrons. The molecule has 0 aromatic heterocycles. The average molecular weight is 336 g/mol. The van der Waals surface area contributed by atoms with Crippen LogP contribution in [0.3, 0.4) is 0 Å². The van der Waals surface area contributed by atoms with Gasteiger partial charge in [0.2, 0.25) is 0 Å². The normalized spacial score (nSPS) is 33.4. The van der Waals surface area contributed by atoms with Crippen molar-refractivity contribution in [1.29, 1.82) is 0 Å². The van der Waals surface area contributed by atoms with Crippen LogP contribution in [0, 0.1) is 17.8 Å². The summed E-state index contributed by atoms with van der Waals surface area (Å²) in [6.45, 7) is 0.719. The van der Waals surface area contributed by atoms with E-state index in [-0.39, 0.29) is 18.0 Å². The van der Waals surface area contributed by atoms with Crippen molar-refractivity contribution < 1.29 is 14.7 Å². The zero-order chi connectivity index (χ0) is 17.0. The van der Waals surface area contributed by atoms with E-state index in [0.717, 1.165) is 56.4 Å². The Bertz CT molecular complexity index is 428. The van der Waals surface area contributed by atoms with Crippen molar-refractivity contribution in [3.05, 3.63) is 0 Å². The van der Waals surface area contributed by atoms with Crippen LogP contribution in [0.2, 0.25) is 0 Å². The summed E-state index contributed by atoms with van der Waals surface area (Å²) in [5, 5.41) is 14.9. The molecule has 0 aromatic rings. The van der Waals surface area contributed by atoms with Crippen molar-refractivity contribution in [2.45, 2.75) is 82.6 Å². The maximum Gasteiger partial charge on any atom is 0.315 e. The SMILES string of the molecule is O=C(O)CCCCCCCNC(=O)NC12CC3CC(CC(C3)C1)C2. The van der Waals surface area contributed by atoms with Crippen LogP contribution in [0.15, 0.2) is 0 Å². The Labute approximate surface area is 145 Å². The van der Waals surface area contributed by atoms with Gasteiger partial charge >= 0.3 is 12.0 Å². The number of carbonyl (C=O) groups is 2. The third kappa shape index (κ3) is 4.64. The summed E-state index contributed by atoms with van der Waals surface area (Å²) in [5.41, 5.74) is 0.0929. The second-order valence-electron chi connectivity index (χ2n) is 8.49. The molecule has 24 heavy (non-hydrogen) atoms. The van der Waals surface area contributed by atoms with Gasteiger partial charge in [0.05, 0.1) is 0 Å². The lowest BCUT2D eigenvalue weighted by atomic mass is 9.53. The van der Waals surface area contributed by atoms with Crippen LogP contribution in [-0.4, -0.2) is 29.2 Å². The molecule has 4 fully saturated rings. The van der Waals surface area contributed by atoms with Crippen molar-refractivity contribution in [3.8, 4) is 0 Å². The number of carboxylic acid groups (broad SMARTS) is 1. The lowest BCUT2D eigenvalue weighted by molar-refractivity contribution is -0.137. The number of unbranched alkanes of at least 4 members (excludes halogenated alkanes) is 4. The monoisotopic (exact) mass is 336 g/mol. The highest BCUT2D eigenvalue weighted by Gasteiger charge is 2.51. The summed E-state index contributed by atoms with van der Waals surface area (Å²) >= 11 is 0. The van der Waals surface area contributed by atoms with Crippen molar-refractivity contribution in [1.82, 2.24) is 10.6 Å². The standard InChI is InChI=1S/C19H32N2O3/c22-17(23)6-4-2-1-3-5-7-20-18(24)21-19-11-14-8-15(12-19)10-16(9-14)13-19/h14-16H,1-13H2,(H,22,23)(H2,20,21,24). The van der Waals surface area contributed by atoms with Gasteiger partial charge in [-0.3, -0.25) is 4.79 Å². The number of amides is 2. The fourth-order valence-corrected chi connectivity index (χ4v) is 5.68. The van der Waals surface area contributed by atoms with Gasteiger partial charge in [-0.25, -0.2) is 4.79 Å². The highest BCUT2D eigenvalue weighted by atomic mass is 16.4. The topological polar surface area (TPSA) is 78.4 Å². The van der Waals surface area contributed by atoms with E-state index in [1.807, 2.05) is 0 Å². The Morgan fingerprint density at radius 2 is 1.42 bits per heavy atom. The van der Waals surface area contributed by atoms with E-state index in [4.69, 9.17) is 5.11 Å². The number of aliphatic carboxylic acids is 1. The van der Waals surface area contributed by atoms with Gasteiger partial charge in [-0.1, -0.05) is 19.3 Å². The minimum absolute atomic E-state index is 0.0165. The van der Waals surface area contributed by atoms with Gasteiger partial charge in [0.15, 0.2) is 0 Å². The second-order valence-corrected chi connectivity index (χ2v) is 8.49. The van der Waals surface area contributed by atoms with E-state index in [2.05, 4.69) is 10.6 Å². The summed E-state index contributed by atoms with van der Waals surface area (Å²) < 4.78 is 0. The van der Waals surface area contributed by atoms with Crippen LogP contribution < -0.4 is 10.6 Å². The molecule has 5 heteroatoms. The molecule has 4 aliphatic rings. The molecule has 4 aliphatic carbocycles. The molecule has 0 atom stereocenters. The fourth-order valence-electron chi connectivity index (χ4n) is 5.68. The van der Waals surface area contributed by atoms with E-state index in [1.165, 1.54) is 38.5 Å². The molecular weight excluding hydrogens is 304 g/mol. The number of carbonyl (C=O) groups excluding carboxylic acids is 1. The van der Waals surface area contributed by atoms with E-state index in [9.17, 15) is 9.59 Å². The minimum atomic E-state index is -0.710. The van der Waals surface area contributed by atoms with E-state index < -0.39 is 5.97 Å². The predicted molar refractivity (Wildman–Crippen MR) is 92.8 cm³/mol. The van der Waals surface area contributed by atoms with E-state index >= 15 is 0 Å². The van der Waals surface area contributed by atoms with Gasteiger partial charge in [0.1, 0.15) is 0 Å². The molecule has 5 nitrogen and oxygen atoms in total. The Morgan fingerprint density at radius 3 is 2.00 bits per heavy atom. The molecule has 0 unspecified atom stereocenters. The molecule has 4 bridgehead atoms. The molecule has 0 aromatic carbocycles. The Morgan fingerprint density at radius 1 is 0.875 bits per heavy atom. The largest absolute Gasteiger partial charge is 0.481 e. The Hall–Kier alpha value is -1.26. The fraction of sp³-hybridized carbons (Fsp3) is 0.895. The lowest BCUT2D eigenvalue weighted by Crippen LogP contribution is -2.61. The molecular formula is C19H32N2O3. The van der Waals surface area contributed by atoms with Crippen molar-refractivity contribution in [3.63, 3.8) is 0 Å². The van der Waals surface area contributed by atoms with Crippen molar-refractivity contribution in [2.24, 2.45) is 17.8 Å². The number of rotatable bonds is 9. The van der Waals surface area contributed by atoms with Crippen LogP contribution in [0.4, 0.5) is 4.79 Å². The van der Waals surface area contributed by atoms with Crippen LogP contribution >= 0.6 is 0 Å². The number of hydrogen-bond acceptors (Lipinski definition) is 2. The molecule has 3 N–H and O–H groups in total. The van der Waals surface area contributed by atoms with E-state index in [1.54, 1.807) is 0 Å². The molecule has 0 heterocycles. The molecule has 136 valence electrons. The smallest absolute Gasteiger partial charge is 0.315 e. The van der Waals surface area contributed by atoms with Crippen LogP contribution in [0.1, 0.15) is 77.0 Å². The van der Waals surface area contributed by atoms with Gasteiger partial charge in [-0.15, -0.1) is 0 Å². The van der Waals surface area contributed by atoms with Gasteiger partial charge in [-0.05, 0) is 69.1 Å². The van der Waals surface area contributed by atoms with Gasteiger partial charge in [-0.2, -0.15) is 0 Å². The quantitative estimate of drug-likeness (QED) is 0.562. The first-order valence-electron chi connectivity index (χ1n) is 9.82. The number of urea groups is 1. The first-order chi connectivity index (χ1) is 11.5. The zero-order valence-corrected chi connectivity index (χ0v) is 14.7. The highest BCUT2D eigenvalue weighted by Crippen LogP contribution is 2.55. The maximum absolute atomic E-state index is 12.3. The average Bonchev–Trinajstić information content (AvgIpc) is 2.47. The Kier molecular flexibility index (Phi) is 5.67. The molecule has 0 aliphatic heterocycles. The van der Waals surface area contributed by atoms with Crippen molar-refractivity contribution >= 4 is 12.0 Å². The molecule has 4 rings (SSSR count). The zero-order valence-electron chi connectivity index (χ0n) is 14.7. The first kappa shape index (κ1) is 17.6. The van der Waals surface area contributed by atoms with Gasteiger partial charge in [0, 0.05) is 18.5 Å². The van der Waals surface area contributed by atoms with Crippen molar-refractivity contribution in [2.75, 3.05) is 6.54 Å². The minimum Gasteiger partial charge on any atom is -0.481 e. The number of carboxylic acids is 1. The summed E-state index contributed by atoms with van der Waals surface area (Å²) in [5.74, 6) is 1.84. The summed E-state index contributed by atoms with van der Waals surface area (Å²) in [7, 11) is 0. The second kappa shape index (κ2) is 7.75. The van der Waals surface area contributed by atoms with Gasteiger partial charge < -0.3 is 15.7 Å². The van der Waals surface area contributed by atoms with E-state index in [0.29, 0.717) is 0 Å². The Balaban J connectivity index is 1.27. The third-order valence-electron chi connectivity index (χ3n) is 6.27. The first-order valence-corrected chi connectivity index (χ1v) is 9.82. The lowest BCUT2D eigenvalue weighted by Gasteiger charge is -2.56. The third-order valence-corrected chi connectivity index (χ3v) is 6.27. The predicted octanol–water partition coefficient (Wildman–Crippen LogP) is 3.68. The van der Waals surface area contributed by atoms with Gasteiger partial charge in [0.25, 0.3) is 0 Å². The van der Waals surface area contributed by atoms with Crippen LogP contribution in [-0.2, 0) is 4.79 Å². The highest BCUT2D eigenvalue weighted by molar-refractivity contribution is 5.74. The molecule has 2 amide bonds. The number of hydrogen-bond donors (Lipinski definition) is 3. The maximum atomic E-state index is 12.3. The molecule has 4 saturated carbocycles. The van der Waals surface area contributed by atoms with Crippen LogP contribution in [0.25, 0.3) is 0 Å². The molecule has 0 saturated heterocycles. The summed E-state index contributed by atoms with van der Waals surface area (Å²) in [6.07, 6.45) is 12.8. The van der Waals surface area contributed by atoms with Crippen LogP contribution in [0.5, 0.6) is 0 Å². The molecule has 0 spiro atoms. The summed E-state index contributed by atoms with van der Waals surface area (Å²) in [6, 6.07) is 0.0165. The number of nitrogens with one attached hydrogen (secondary N) is 2. The summed E-state index contributed by atoms with van der Waals surface area (Å²) in [4.78, 5) is 22.7.